The number of aliphatic carboxylic acids is 1. The molecule has 0 spiro atoms. The van der Waals surface area contributed by atoms with E-state index in [1.807, 2.05) is 0 Å². The standard InChI is InChI=1S/C11H17NO5/c1-7(8(2)11(14)15)10(13)12-5-9-6-16-3-4-17-9/h9H,3-6H2,1-2H3,(H,12,13)(H,14,15). The maximum absolute atomic E-state index is 11.6. The van der Waals surface area contributed by atoms with Crippen LogP contribution in [0.5, 0.6) is 0 Å². The van der Waals surface area contributed by atoms with Gasteiger partial charge in [-0.05, 0) is 13.8 Å². The Morgan fingerprint density at radius 3 is 2.53 bits per heavy atom. The van der Waals surface area contributed by atoms with Crippen LogP contribution in [-0.4, -0.2) is 49.5 Å². The van der Waals surface area contributed by atoms with E-state index in [2.05, 4.69) is 5.32 Å². The molecule has 6 heteroatoms. The molecule has 6 nitrogen and oxygen atoms in total. The second-order valence-electron chi connectivity index (χ2n) is 3.83. The molecule has 1 unspecified atom stereocenters. The van der Waals surface area contributed by atoms with E-state index >= 15 is 0 Å². The minimum atomic E-state index is -1.09. The van der Waals surface area contributed by atoms with Gasteiger partial charge < -0.3 is 19.9 Å². The summed E-state index contributed by atoms with van der Waals surface area (Å²) in [6, 6.07) is 0. The van der Waals surface area contributed by atoms with Crippen molar-refractivity contribution in [3.05, 3.63) is 11.1 Å². The van der Waals surface area contributed by atoms with E-state index in [-0.39, 0.29) is 23.2 Å². The van der Waals surface area contributed by atoms with Gasteiger partial charge in [-0.1, -0.05) is 0 Å². The van der Waals surface area contributed by atoms with Gasteiger partial charge in [0, 0.05) is 17.7 Å². The highest BCUT2D eigenvalue weighted by atomic mass is 16.6. The van der Waals surface area contributed by atoms with Crippen LogP contribution < -0.4 is 5.32 Å². The summed E-state index contributed by atoms with van der Waals surface area (Å²) >= 11 is 0. The molecule has 0 bridgehead atoms. The average molecular weight is 243 g/mol. The number of hydrogen-bond donors (Lipinski definition) is 2. The lowest BCUT2D eigenvalue weighted by atomic mass is 10.1. The van der Waals surface area contributed by atoms with Crippen molar-refractivity contribution in [3.63, 3.8) is 0 Å². The van der Waals surface area contributed by atoms with Crippen LogP contribution in [0.1, 0.15) is 13.8 Å². The van der Waals surface area contributed by atoms with Gasteiger partial charge in [-0.2, -0.15) is 0 Å². The van der Waals surface area contributed by atoms with Gasteiger partial charge in [0.1, 0.15) is 0 Å². The third-order valence-electron chi connectivity index (χ3n) is 2.60. The van der Waals surface area contributed by atoms with Crippen molar-refractivity contribution in [1.29, 1.82) is 0 Å². The molecule has 2 N–H and O–H groups in total. The van der Waals surface area contributed by atoms with Crippen LogP contribution in [0, 0.1) is 0 Å². The molecule has 1 saturated heterocycles. The molecule has 1 aliphatic heterocycles. The van der Waals surface area contributed by atoms with Crippen LogP contribution in [0.25, 0.3) is 0 Å². The van der Waals surface area contributed by atoms with Gasteiger partial charge in [0.25, 0.3) is 0 Å². The van der Waals surface area contributed by atoms with Crippen LogP contribution >= 0.6 is 0 Å². The topological polar surface area (TPSA) is 84.9 Å². The molecule has 0 radical (unpaired) electrons. The molecule has 1 aliphatic rings. The Morgan fingerprint density at radius 2 is 2.00 bits per heavy atom. The molecule has 17 heavy (non-hydrogen) atoms. The van der Waals surface area contributed by atoms with Gasteiger partial charge in [-0.3, -0.25) is 4.79 Å². The van der Waals surface area contributed by atoms with Gasteiger partial charge in [0.15, 0.2) is 0 Å². The van der Waals surface area contributed by atoms with E-state index in [4.69, 9.17) is 14.6 Å². The van der Waals surface area contributed by atoms with Gasteiger partial charge in [0.2, 0.25) is 5.91 Å². The lowest BCUT2D eigenvalue weighted by Crippen LogP contribution is -2.40. The Bertz CT molecular complexity index is 331. The van der Waals surface area contributed by atoms with Gasteiger partial charge in [0.05, 0.1) is 25.9 Å². The summed E-state index contributed by atoms with van der Waals surface area (Å²) in [4.78, 5) is 22.3. The highest BCUT2D eigenvalue weighted by molar-refractivity contribution is 6.01. The Labute approximate surface area is 99.6 Å². The largest absolute Gasteiger partial charge is 0.478 e. The predicted octanol–water partition coefficient (Wildman–Crippen LogP) is -0.0610. The third-order valence-corrected chi connectivity index (χ3v) is 2.60. The summed E-state index contributed by atoms with van der Waals surface area (Å²) in [5.41, 5.74) is 0.248. The normalized spacial score (nSPS) is 21.6. The number of carbonyl (C=O) groups excluding carboxylic acids is 1. The zero-order chi connectivity index (χ0) is 12.8. The van der Waals surface area contributed by atoms with Gasteiger partial charge in [-0.15, -0.1) is 0 Å². The Hall–Kier alpha value is -1.40. The lowest BCUT2D eigenvalue weighted by molar-refractivity contribution is -0.133. The molecule has 0 aromatic heterocycles. The minimum Gasteiger partial charge on any atom is -0.478 e. The van der Waals surface area contributed by atoms with Crippen LogP contribution in [0.15, 0.2) is 11.1 Å². The predicted molar refractivity (Wildman–Crippen MR) is 59.6 cm³/mol. The molecule has 1 rings (SSSR count). The number of hydrogen-bond acceptors (Lipinski definition) is 4. The first kappa shape index (κ1) is 13.7. The molecular formula is C11H17NO5. The van der Waals surface area contributed by atoms with Crippen molar-refractivity contribution in [2.24, 2.45) is 0 Å². The maximum atomic E-state index is 11.6. The van der Waals surface area contributed by atoms with E-state index in [0.29, 0.717) is 26.4 Å². The molecule has 1 amide bonds. The first-order valence-electron chi connectivity index (χ1n) is 5.40. The van der Waals surface area contributed by atoms with Crippen LogP contribution in [0.4, 0.5) is 0 Å². The molecular weight excluding hydrogens is 226 g/mol. The van der Waals surface area contributed by atoms with Crippen LogP contribution in [0.3, 0.4) is 0 Å². The summed E-state index contributed by atoms with van der Waals surface area (Å²) in [5.74, 6) is -1.48. The van der Waals surface area contributed by atoms with Crippen molar-refractivity contribution in [2.75, 3.05) is 26.4 Å². The van der Waals surface area contributed by atoms with E-state index in [1.54, 1.807) is 0 Å². The van der Waals surface area contributed by atoms with Crippen LogP contribution in [0.2, 0.25) is 0 Å². The zero-order valence-corrected chi connectivity index (χ0v) is 9.99. The van der Waals surface area contributed by atoms with Crippen molar-refractivity contribution in [3.8, 4) is 0 Å². The highest BCUT2D eigenvalue weighted by Gasteiger charge is 2.17. The zero-order valence-electron chi connectivity index (χ0n) is 9.99. The summed E-state index contributed by atoms with van der Waals surface area (Å²) in [5, 5.41) is 11.4. The number of carboxylic acids is 1. The quantitative estimate of drug-likeness (QED) is 0.676. The molecule has 1 heterocycles. The summed E-state index contributed by atoms with van der Waals surface area (Å²) in [7, 11) is 0. The fraction of sp³-hybridized carbons (Fsp3) is 0.636. The smallest absolute Gasteiger partial charge is 0.331 e. The van der Waals surface area contributed by atoms with Gasteiger partial charge >= 0.3 is 5.97 Å². The first-order valence-corrected chi connectivity index (χ1v) is 5.40. The number of amides is 1. The Morgan fingerprint density at radius 1 is 1.29 bits per heavy atom. The average Bonchev–Trinajstić information content (AvgIpc) is 2.35. The summed E-state index contributed by atoms with van der Waals surface area (Å²) < 4.78 is 10.5. The molecule has 96 valence electrons. The number of nitrogens with one attached hydrogen (secondary N) is 1. The summed E-state index contributed by atoms with van der Waals surface area (Å²) in [6.07, 6.45) is -0.161. The Balaban J connectivity index is 2.43. The molecule has 0 aromatic rings. The fourth-order valence-electron chi connectivity index (χ4n) is 1.32. The SMILES string of the molecule is CC(C(=O)O)=C(C)C(=O)NCC1COCCO1. The van der Waals surface area contributed by atoms with Gasteiger partial charge in [-0.25, -0.2) is 4.79 Å². The van der Waals surface area contributed by atoms with E-state index < -0.39 is 5.97 Å². The van der Waals surface area contributed by atoms with Crippen molar-refractivity contribution in [2.45, 2.75) is 20.0 Å². The number of carbonyl (C=O) groups is 2. The van der Waals surface area contributed by atoms with Crippen molar-refractivity contribution in [1.82, 2.24) is 5.32 Å². The molecule has 0 aliphatic carbocycles. The van der Waals surface area contributed by atoms with Crippen molar-refractivity contribution >= 4 is 11.9 Å². The molecule has 0 aromatic carbocycles. The number of rotatable bonds is 4. The first-order chi connectivity index (χ1) is 8.02. The number of carboxylic acid groups (broad SMARTS) is 1. The molecule has 1 atom stereocenters. The monoisotopic (exact) mass is 243 g/mol. The second-order valence-corrected chi connectivity index (χ2v) is 3.83. The maximum Gasteiger partial charge on any atom is 0.331 e. The second kappa shape index (κ2) is 6.36. The Kier molecular flexibility index (Phi) is 5.11. The van der Waals surface area contributed by atoms with Crippen LogP contribution in [-0.2, 0) is 19.1 Å². The van der Waals surface area contributed by atoms with E-state index in [0.717, 1.165) is 0 Å². The van der Waals surface area contributed by atoms with Crippen molar-refractivity contribution < 1.29 is 24.2 Å². The third kappa shape index (κ3) is 4.16. The summed E-state index contributed by atoms with van der Waals surface area (Å²) in [6.45, 7) is 4.74. The fourth-order valence-corrected chi connectivity index (χ4v) is 1.32. The highest BCUT2D eigenvalue weighted by Crippen LogP contribution is 2.04. The molecule has 1 fully saturated rings. The van der Waals surface area contributed by atoms with E-state index in [9.17, 15) is 9.59 Å². The minimum absolute atomic E-state index is 0.0447. The lowest BCUT2D eigenvalue weighted by Gasteiger charge is -2.23. The number of ether oxygens (including phenoxy) is 2. The molecule has 0 saturated carbocycles. The van der Waals surface area contributed by atoms with E-state index in [1.165, 1.54) is 13.8 Å².